The highest BCUT2D eigenvalue weighted by molar-refractivity contribution is 5.81. The molecule has 0 aromatic heterocycles. The Labute approximate surface area is 232 Å². The van der Waals surface area contributed by atoms with Crippen molar-refractivity contribution in [1.82, 2.24) is 14.7 Å². The van der Waals surface area contributed by atoms with Crippen molar-refractivity contribution in [3.8, 4) is 0 Å². The Morgan fingerprint density at radius 3 is 2.36 bits per heavy atom. The molecule has 1 unspecified atom stereocenters. The molecule has 1 aromatic carbocycles. The Bertz CT molecular complexity index is 1060. The standard InChI is InChI=1S/C31H45F2N3O3/c1-21(2)35-17-25(24-11-10-23(32)16-27(24)33)26(18-35)28(37)34-14-12-31(13-15-34,22-8-6-5-7-9-22)19-36-29(38)39-20-30(36,3)4/h10-11,16,21-22,25-26H,5-9,12-15,17-20H2,1-4H3/t25-,26?/m0/s1. The number of hydrogen-bond donors (Lipinski definition) is 0. The highest BCUT2D eigenvalue weighted by Gasteiger charge is 2.50. The third-order valence-corrected chi connectivity index (χ3v) is 10.3. The summed E-state index contributed by atoms with van der Waals surface area (Å²) in [7, 11) is 0. The summed E-state index contributed by atoms with van der Waals surface area (Å²) in [5.74, 6) is -1.22. The lowest BCUT2D eigenvalue weighted by molar-refractivity contribution is -0.139. The van der Waals surface area contributed by atoms with Gasteiger partial charge < -0.3 is 9.64 Å². The van der Waals surface area contributed by atoms with Crippen LogP contribution >= 0.6 is 0 Å². The Hall–Kier alpha value is -2.22. The average Bonchev–Trinajstić information content (AvgIpc) is 3.46. The number of benzene rings is 1. The maximum absolute atomic E-state index is 14.9. The average molecular weight is 546 g/mol. The molecular formula is C31H45F2N3O3. The lowest BCUT2D eigenvalue weighted by Crippen LogP contribution is -2.55. The molecule has 3 aliphatic heterocycles. The molecule has 6 nitrogen and oxygen atoms in total. The van der Waals surface area contributed by atoms with Crippen LogP contribution < -0.4 is 0 Å². The topological polar surface area (TPSA) is 53.1 Å². The van der Waals surface area contributed by atoms with Gasteiger partial charge >= 0.3 is 6.09 Å². The summed E-state index contributed by atoms with van der Waals surface area (Å²) in [4.78, 5) is 32.9. The third kappa shape index (κ3) is 5.55. The van der Waals surface area contributed by atoms with Crippen LogP contribution in [-0.2, 0) is 9.53 Å². The van der Waals surface area contributed by atoms with Crippen molar-refractivity contribution in [1.29, 1.82) is 0 Å². The summed E-state index contributed by atoms with van der Waals surface area (Å²) in [5, 5.41) is 0. The second kappa shape index (κ2) is 11.0. The van der Waals surface area contributed by atoms with Gasteiger partial charge in [0.1, 0.15) is 18.2 Å². The van der Waals surface area contributed by atoms with Crippen LogP contribution in [-0.4, -0.2) is 77.6 Å². The minimum Gasteiger partial charge on any atom is -0.447 e. The normalized spacial score (nSPS) is 27.8. The first-order valence-corrected chi connectivity index (χ1v) is 14.9. The van der Waals surface area contributed by atoms with E-state index >= 15 is 0 Å². The Kier molecular flexibility index (Phi) is 7.97. The molecule has 8 heteroatoms. The first kappa shape index (κ1) is 28.3. The monoisotopic (exact) mass is 545 g/mol. The molecule has 39 heavy (non-hydrogen) atoms. The van der Waals surface area contributed by atoms with Gasteiger partial charge in [-0.3, -0.25) is 14.6 Å². The lowest BCUT2D eigenvalue weighted by atomic mass is 9.63. The maximum atomic E-state index is 14.9. The molecule has 1 aromatic rings. The van der Waals surface area contributed by atoms with E-state index in [2.05, 4.69) is 32.6 Å². The number of carbonyl (C=O) groups excluding carboxylic acids is 2. The number of amides is 2. The molecule has 4 fully saturated rings. The summed E-state index contributed by atoms with van der Waals surface area (Å²) in [6.07, 6.45) is 7.56. The number of halogens is 2. The van der Waals surface area contributed by atoms with Gasteiger partial charge in [0.25, 0.3) is 0 Å². The number of ether oxygens (including phenoxy) is 1. The molecule has 0 radical (unpaired) electrons. The lowest BCUT2D eigenvalue weighted by Gasteiger charge is -2.51. The Morgan fingerprint density at radius 2 is 1.77 bits per heavy atom. The van der Waals surface area contributed by atoms with Gasteiger partial charge in [-0.2, -0.15) is 0 Å². The van der Waals surface area contributed by atoms with E-state index in [9.17, 15) is 18.4 Å². The van der Waals surface area contributed by atoms with Crippen LogP contribution in [0.4, 0.5) is 13.6 Å². The smallest absolute Gasteiger partial charge is 0.410 e. The third-order valence-electron chi connectivity index (χ3n) is 10.3. The second-order valence-electron chi connectivity index (χ2n) is 13.4. The van der Waals surface area contributed by atoms with Crippen molar-refractivity contribution in [2.45, 2.75) is 90.1 Å². The summed E-state index contributed by atoms with van der Waals surface area (Å²) in [5.41, 5.74) is 0.0728. The van der Waals surface area contributed by atoms with E-state index in [1.807, 2.05) is 9.80 Å². The van der Waals surface area contributed by atoms with Gasteiger partial charge in [-0.1, -0.05) is 25.3 Å². The van der Waals surface area contributed by atoms with Gasteiger partial charge in [0.2, 0.25) is 5.91 Å². The van der Waals surface area contributed by atoms with Crippen LogP contribution in [0, 0.1) is 28.9 Å². The Morgan fingerprint density at radius 1 is 1.08 bits per heavy atom. The SMILES string of the molecule is CC(C)N1CC(C(=O)N2CCC(CN3C(=O)OCC3(C)C)(C3CCCCC3)CC2)[C@H](c2ccc(F)cc2F)C1. The summed E-state index contributed by atoms with van der Waals surface area (Å²) >= 11 is 0. The molecule has 2 amide bonds. The molecule has 0 N–H and O–H groups in total. The number of carbonyl (C=O) groups is 2. The number of likely N-dealkylation sites (tertiary alicyclic amines) is 2. The molecule has 3 heterocycles. The van der Waals surface area contributed by atoms with E-state index in [1.165, 1.54) is 44.2 Å². The van der Waals surface area contributed by atoms with Crippen LogP contribution in [0.3, 0.4) is 0 Å². The highest BCUT2D eigenvalue weighted by atomic mass is 19.1. The van der Waals surface area contributed by atoms with Crippen LogP contribution in [0.2, 0.25) is 0 Å². The van der Waals surface area contributed by atoms with Gasteiger partial charge in [-0.25, -0.2) is 13.6 Å². The van der Waals surface area contributed by atoms with Crippen LogP contribution in [0.15, 0.2) is 18.2 Å². The minimum atomic E-state index is -0.599. The second-order valence-corrected chi connectivity index (χ2v) is 13.4. The van der Waals surface area contributed by atoms with Gasteiger partial charge in [0.15, 0.2) is 0 Å². The van der Waals surface area contributed by atoms with E-state index in [0.29, 0.717) is 50.8 Å². The zero-order valence-corrected chi connectivity index (χ0v) is 24.1. The molecule has 4 aliphatic rings. The van der Waals surface area contributed by atoms with E-state index in [4.69, 9.17) is 4.74 Å². The first-order chi connectivity index (χ1) is 18.5. The molecule has 0 bridgehead atoms. The molecule has 0 spiro atoms. The van der Waals surface area contributed by atoms with Crippen molar-refractivity contribution >= 4 is 12.0 Å². The molecule has 1 aliphatic carbocycles. The summed E-state index contributed by atoms with van der Waals surface area (Å²) < 4.78 is 34.0. The van der Waals surface area contributed by atoms with E-state index in [1.54, 1.807) is 0 Å². The fraction of sp³-hybridized carbons (Fsp3) is 0.742. The quantitative estimate of drug-likeness (QED) is 0.453. The van der Waals surface area contributed by atoms with Crippen molar-refractivity contribution < 1.29 is 23.1 Å². The van der Waals surface area contributed by atoms with Crippen molar-refractivity contribution in [3.05, 3.63) is 35.4 Å². The van der Waals surface area contributed by atoms with Gasteiger partial charge in [-0.05, 0) is 76.3 Å². The molecule has 1 saturated carbocycles. The molecule has 216 valence electrons. The minimum absolute atomic E-state index is 0.0278. The molecule has 5 rings (SSSR count). The molecular weight excluding hydrogens is 500 g/mol. The van der Waals surface area contributed by atoms with Crippen molar-refractivity contribution in [3.63, 3.8) is 0 Å². The zero-order valence-electron chi connectivity index (χ0n) is 24.1. The van der Waals surface area contributed by atoms with Crippen LogP contribution in [0.1, 0.15) is 84.1 Å². The molecule has 2 atom stereocenters. The van der Waals surface area contributed by atoms with E-state index in [-0.39, 0.29) is 40.8 Å². The van der Waals surface area contributed by atoms with Crippen molar-refractivity contribution in [2.24, 2.45) is 17.3 Å². The van der Waals surface area contributed by atoms with E-state index < -0.39 is 11.6 Å². The van der Waals surface area contributed by atoms with Gasteiger partial charge in [0, 0.05) is 50.7 Å². The predicted octanol–water partition coefficient (Wildman–Crippen LogP) is 5.81. The zero-order chi connectivity index (χ0) is 27.9. The molecule has 3 saturated heterocycles. The first-order valence-electron chi connectivity index (χ1n) is 14.9. The highest BCUT2D eigenvalue weighted by Crippen LogP contribution is 2.48. The Balaban J connectivity index is 1.35. The summed E-state index contributed by atoms with van der Waals surface area (Å²) in [6.45, 7) is 11.9. The van der Waals surface area contributed by atoms with Gasteiger partial charge in [0.05, 0.1) is 11.5 Å². The van der Waals surface area contributed by atoms with Crippen LogP contribution in [0.5, 0.6) is 0 Å². The van der Waals surface area contributed by atoms with Crippen molar-refractivity contribution in [2.75, 3.05) is 39.3 Å². The largest absolute Gasteiger partial charge is 0.447 e. The number of nitrogens with zero attached hydrogens (tertiary/aromatic N) is 3. The van der Waals surface area contributed by atoms with E-state index in [0.717, 1.165) is 18.9 Å². The fourth-order valence-corrected chi connectivity index (χ4v) is 7.68. The predicted molar refractivity (Wildman–Crippen MR) is 146 cm³/mol. The van der Waals surface area contributed by atoms with Gasteiger partial charge in [-0.15, -0.1) is 0 Å². The van der Waals surface area contributed by atoms with Crippen LogP contribution in [0.25, 0.3) is 0 Å². The number of piperidine rings is 1. The summed E-state index contributed by atoms with van der Waals surface area (Å²) in [6, 6.07) is 3.97. The number of rotatable bonds is 6. The number of hydrogen-bond acceptors (Lipinski definition) is 4. The number of cyclic esters (lactones) is 1. The maximum Gasteiger partial charge on any atom is 0.410 e. The fourth-order valence-electron chi connectivity index (χ4n) is 7.68.